The van der Waals surface area contributed by atoms with Crippen molar-refractivity contribution in [3.8, 4) is 17.2 Å². The molecule has 0 radical (unpaired) electrons. The number of carbonyl (C=O) groups is 4. The molecular formula is C24H22BrClN2O8S. The van der Waals surface area contributed by atoms with E-state index >= 15 is 0 Å². The lowest BCUT2D eigenvalue weighted by Gasteiger charge is -2.14. The van der Waals surface area contributed by atoms with Gasteiger partial charge in [0.15, 0.2) is 18.1 Å². The van der Waals surface area contributed by atoms with E-state index in [1.807, 2.05) is 0 Å². The van der Waals surface area contributed by atoms with Gasteiger partial charge in [-0.15, -0.1) is 0 Å². The number of nitrogens with zero attached hydrogens (tertiary/aromatic N) is 1. The van der Waals surface area contributed by atoms with Crippen molar-refractivity contribution in [2.24, 2.45) is 0 Å². The fourth-order valence-corrected chi connectivity index (χ4v) is 4.84. The number of nitrogens with one attached hydrogen (secondary N) is 1. The second kappa shape index (κ2) is 12.8. The van der Waals surface area contributed by atoms with Crippen LogP contribution in [0.3, 0.4) is 0 Å². The average molecular weight is 614 g/mol. The van der Waals surface area contributed by atoms with Crippen LogP contribution in [0.1, 0.15) is 12.5 Å². The number of imide groups is 1. The molecule has 1 aliphatic rings. The van der Waals surface area contributed by atoms with E-state index in [-0.39, 0.29) is 23.9 Å². The molecule has 0 atom stereocenters. The van der Waals surface area contributed by atoms with Gasteiger partial charge in [-0.2, -0.15) is 0 Å². The SMILES string of the molecule is CCOC(=O)COc1c(Br)cc(/C=C2\SC(=O)N(CC(=O)Nc3ccc(OC)c(Cl)c3)C2=O)cc1OC. The Morgan fingerprint density at radius 3 is 2.51 bits per heavy atom. The molecule has 0 aliphatic carbocycles. The summed E-state index contributed by atoms with van der Waals surface area (Å²) in [5.41, 5.74) is 0.913. The molecule has 2 aromatic carbocycles. The van der Waals surface area contributed by atoms with Crippen molar-refractivity contribution >= 4 is 74.1 Å². The number of anilines is 1. The fourth-order valence-electron chi connectivity index (χ4n) is 3.17. The predicted molar refractivity (Wildman–Crippen MR) is 142 cm³/mol. The molecule has 196 valence electrons. The largest absolute Gasteiger partial charge is 0.495 e. The van der Waals surface area contributed by atoms with Gasteiger partial charge in [-0.1, -0.05) is 11.6 Å². The first-order valence-electron chi connectivity index (χ1n) is 10.7. The van der Waals surface area contributed by atoms with E-state index in [9.17, 15) is 19.2 Å². The molecule has 1 N–H and O–H groups in total. The summed E-state index contributed by atoms with van der Waals surface area (Å²) < 4.78 is 21.2. The number of hydrogen-bond donors (Lipinski definition) is 1. The summed E-state index contributed by atoms with van der Waals surface area (Å²) in [7, 11) is 2.89. The van der Waals surface area contributed by atoms with E-state index in [2.05, 4.69) is 21.2 Å². The number of carbonyl (C=O) groups excluding carboxylic acids is 4. The van der Waals surface area contributed by atoms with Gasteiger partial charge < -0.3 is 24.3 Å². The maximum Gasteiger partial charge on any atom is 0.344 e. The zero-order chi connectivity index (χ0) is 27.1. The molecule has 0 bridgehead atoms. The highest BCUT2D eigenvalue weighted by Gasteiger charge is 2.36. The van der Waals surface area contributed by atoms with Crippen LogP contribution in [0.5, 0.6) is 17.2 Å². The summed E-state index contributed by atoms with van der Waals surface area (Å²) in [5, 5.41) is 2.32. The molecule has 0 spiro atoms. The minimum Gasteiger partial charge on any atom is -0.495 e. The van der Waals surface area contributed by atoms with E-state index < -0.39 is 29.6 Å². The van der Waals surface area contributed by atoms with Crippen molar-refractivity contribution in [2.75, 3.05) is 39.3 Å². The van der Waals surface area contributed by atoms with Crippen molar-refractivity contribution < 1.29 is 38.1 Å². The molecule has 3 amide bonds. The number of halogens is 2. The minimum atomic E-state index is -0.615. The minimum absolute atomic E-state index is 0.124. The number of benzene rings is 2. The summed E-state index contributed by atoms with van der Waals surface area (Å²) in [6.07, 6.45) is 1.49. The van der Waals surface area contributed by atoms with Crippen molar-refractivity contribution in [3.05, 3.63) is 50.3 Å². The Morgan fingerprint density at radius 1 is 1.14 bits per heavy atom. The van der Waals surface area contributed by atoms with Crippen molar-refractivity contribution in [2.45, 2.75) is 6.92 Å². The molecule has 1 saturated heterocycles. The molecule has 3 rings (SSSR count). The van der Waals surface area contributed by atoms with Crippen molar-refractivity contribution in [1.82, 2.24) is 4.90 Å². The molecule has 37 heavy (non-hydrogen) atoms. The maximum absolute atomic E-state index is 12.9. The third-order valence-corrected chi connectivity index (χ3v) is 6.59. The molecule has 1 heterocycles. The highest BCUT2D eigenvalue weighted by atomic mass is 79.9. The van der Waals surface area contributed by atoms with E-state index in [0.717, 1.165) is 4.90 Å². The summed E-state index contributed by atoms with van der Waals surface area (Å²) in [6.45, 7) is 1.13. The molecule has 0 unspecified atom stereocenters. The van der Waals surface area contributed by atoms with Crippen LogP contribution in [-0.2, 0) is 19.1 Å². The van der Waals surface area contributed by atoms with Crippen LogP contribution >= 0.6 is 39.3 Å². The Labute approximate surface area is 230 Å². The van der Waals surface area contributed by atoms with Crippen LogP contribution in [0, 0.1) is 0 Å². The molecular weight excluding hydrogens is 592 g/mol. The lowest BCUT2D eigenvalue weighted by Crippen LogP contribution is -2.36. The fraction of sp³-hybridized carbons (Fsp3) is 0.250. The van der Waals surface area contributed by atoms with Crippen LogP contribution in [-0.4, -0.2) is 61.9 Å². The Morgan fingerprint density at radius 2 is 1.86 bits per heavy atom. The number of thioether (sulfide) groups is 1. The van der Waals surface area contributed by atoms with Gasteiger partial charge in [0.05, 0.1) is 35.2 Å². The smallest absolute Gasteiger partial charge is 0.344 e. The summed E-state index contributed by atoms with van der Waals surface area (Å²) in [5.74, 6) is -0.711. The van der Waals surface area contributed by atoms with E-state index in [4.69, 9.17) is 30.5 Å². The summed E-state index contributed by atoms with van der Waals surface area (Å²) >= 11 is 10.1. The van der Waals surface area contributed by atoms with Crippen LogP contribution in [0.15, 0.2) is 39.7 Å². The number of hydrogen-bond acceptors (Lipinski definition) is 9. The summed E-state index contributed by atoms with van der Waals surface area (Å²) in [6, 6.07) is 7.88. The average Bonchev–Trinajstić information content (AvgIpc) is 3.10. The van der Waals surface area contributed by atoms with Crippen LogP contribution in [0.2, 0.25) is 5.02 Å². The van der Waals surface area contributed by atoms with Crippen LogP contribution < -0.4 is 19.5 Å². The molecule has 1 aliphatic heterocycles. The quantitative estimate of drug-likeness (QED) is 0.299. The second-order valence-corrected chi connectivity index (χ2v) is 9.55. The van der Waals surface area contributed by atoms with E-state index in [1.165, 1.54) is 26.4 Å². The van der Waals surface area contributed by atoms with Crippen LogP contribution in [0.25, 0.3) is 6.08 Å². The van der Waals surface area contributed by atoms with Crippen LogP contribution in [0.4, 0.5) is 10.5 Å². The van der Waals surface area contributed by atoms with Crippen molar-refractivity contribution in [3.63, 3.8) is 0 Å². The Bertz CT molecular complexity index is 1270. The first-order valence-corrected chi connectivity index (χ1v) is 12.7. The Hall–Kier alpha value is -3.22. The Balaban J connectivity index is 1.71. The molecule has 2 aromatic rings. The van der Waals surface area contributed by atoms with Gasteiger partial charge in [0.1, 0.15) is 12.3 Å². The number of esters is 1. The molecule has 0 saturated carbocycles. The van der Waals surface area contributed by atoms with Gasteiger partial charge in [-0.25, -0.2) is 4.79 Å². The maximum atomic E-state index is 12.9. The summed E-state index contributed by atoms with van der Waals surface area (Å²) in [4.78, 5) is 50.4. The topological polar surface area (TPSA) is 120 Å². The van der Waals surface area contributed by atoms with Gasteiger partial charge in [0, 0.05) is 5.69 Å². The first-order chi connectivity index (χ1) is 17.7. The standard InChI is InChI=1S/C24H22BrClN2O8S/c1-4-35-21(30)12-36-22-15(25)7-13(8-18(22)34-3)9-19-23(31)28(24(32)37-19)11-20(29)27-14-5-6-17(33-2)16(26)10-14/h5-10H,4,11-12H2,1-3H3,(H,27,29)/b19-9-. The number of rotatable bonds is 10. The number of methoxy groups -OCH3 is 2. The predicted octanol–water partition coefficient (Wildman–Crippen LogP) is 4.74. The first kappa shape index (κ1) is 28.4. The van der Waals surface area contributed by atoms with Gasteiger partial charge in [0.2, 0.25) is 5.91 Å². The zero-order valence-electron chi connectivity index (χ0n) is 20.0. The van der Waals surface area contributed by atoms with Crippen molar-refractivity contribution in [1.29, 1.82) is 0 Å². The monoisotopic (exact) mass is 612 g/mol. The lowest BCUT2D eigenvalue weighted by molar-refractivity contribution is -0.145. The van der Waals surface area contributed by atoms with E-state index in [1.54, 1.807) is 31.2 Å². The molecule has 13 heteroatoms. The molecule has 1 fully saturated rings. The highest BCUT2D eigenvalue weighted by molar-refractivity contribution is 9.10. The Kier molecular flexibility index (Phi) is 9.84. The second-order valence-electron chi connectivity index (χ2n) is 7.29. The third kappa shape index (κ3) is 7.18. The van der Waals surface area contributed by atoms with Gasteiger partial charge in [-0.3, -0.25) is 19.3 Å². The van der Waals surface area contributed by atoms with Gasteiger partial charge >= 0.3 is 5.97 Å². The van der Waals surface area contributed by atoms with E-state index in [0.29, 0.717) is 44.0 Å². The lowest BCUT2D eigenvalue weighted by atomic mass is 10.2. The number of amides is 3. The third-order valence-electron chi connectivity index (χ3n) is 4.80. The zero-order valence-corrected chi connectivity index (χ0v) is 23.1. The molecule has 10 nitrogen and oxygen atoms in total. The number of ether oxygens (including phenoxy) is 4. The van der Waals surface area contributed by atoms with Gasteiger partial charge in [-0.05, 0) is 76.6 Å². The molecule has 0 aromatic heterocycles. The normalized spacial score (nSPS) is 14.1. The highest BCUT2D eigenvalue weighted by Crippen LogP contribution is 2.39. The van der Waals surface area contributed by atoms with Gasteiger partial charge in [0.25, 0.3) is 11.1 Å².